The number of nitrogen functional groups attached to an aromatic ring is 1. The van der Waals surface area contributed by atoms with Gasteiger partial charge in [-0.3, -0.25) is 0 Å². The van der Waals surface area contributed by atoms with Gasteiger partial charge in [-0.1, -0.05) is 0 Å². The van der Waals surface area contributed by atoms with Crippen molar-refractivity contribution < 1.29 is 4.39 Å². The highest BCUT2D eigenvalue weighted by molar-refractivity contribution is 5.82. The van der Waals surface area contributed by atoms with Crippen LogP contribution in [-0.4, -0.2) is 9.55 Å². The van der Waals surface area contributed by atoms with Crippen molar-refractivity contribution >= 4 is 16.7 Å². The molecular weight excluding hydrogens is 253 g/mol. The number of nitrogens with zero attached hydrogens (tertiary/aromatic N) is 2. The number of hydrogen-bond acceptors (Lipinski definition) is 2. The van der Waals surface area contributed by atoms with Gasteiger partial charge in [0.15, 0.2) is 0 Å². The highest BCUT2D eigenvalue weighted by Crippen LogP contribution is 2.30. The van der Waals surface area contributed by atoms with Crippen molar-refractivity contribution in [1.29, 1.82) is 0 Å². The van der Waals surface area contributed by atoms with Gasteiger partial charge in [-0.15, -0.1) is 0 Å². The predicted molar refractivity (Wildman–Crippen MR) is 80.0 cm³/mol. The van der Waals surface area contributed by atoms with Gasteiger partial charge < -0.3 is 10.3 Å². The molecule has 0 aliphatic rings. The van der Waals surface area contributed by atoms with E-state index in [9.17, 15) is 4.39 Å². The number of hydrogen-bond donors (Lipinski definition) is 1. The molecule has 102 valence electrons. The third-order valence-corrected chi connectivity index (χ3v) is 3.77. The molecule has 4 heteroatoms. The maximum absolute atomic E-state index is 13.4. The Morgan fingerprint density at radius 1 is 1.15 bits per heavy atom. The number of nitrogens with two attached hydrogens (primary N) is 1. The van der Waals surface area contributed by atoms with Crippen LogP contribution in [0.4, 0.5) is 10.1 Å². The number of halogens is 1. The van der Waals surface area contributed by atoms with Crippen LogP contribution >= 0.6 is 0 Å². The molecule has 0 saturated carbocycles. The van der Waals surface area contributed by atoms with Crippen molar-refractivity contribution in [3.05, 3.63) is 47.3 Å². The number of aromatic nitrogens is 2. The zero-order valence-corrected chi connectivity index (χ0v) is 11.7. The third kappa shape index (κ3) is 1.84. The smallest absolute Gasteiger partial charge is 0.141 e. The summed E-state index contributed by atoms with van der Waals surface area (Å²) in [4.78, 5) is 4.61. The molecule has 0 spiro atoms. The van der Waals surface area contributed by atoms with Crippen molar-refractivity contribution in [1.82, 2.24) is 9.55 Å². The average molecular weight is 269 g/mol. The molecule has 3 rings (SSSR count). The summed E-state index contributed by atoms with van der Waals surface area (Å²) in [6.45, 7) is 4.07. The molecule has 3 aromatic rings. The quantitative estimate of drug-likeness (QED) is 0.686. The average Bonchev–Trinajstić information content (AvgIpc) is 2.71. The number of anilines is 1. The summed E-state index contributed by atoms with van der Waals surface area (Å²) in [6, 6.07) is 8.49. The molecular formula is C16H16FN3. The SMILES string of the molecule is Cc1cc(N)cc(-c2nc3ccc(F)cc3n2C)c1C. The number of benzene rings is 2. The molecule has 0 atom stereocenters. The minimum atomic E-state index is -0.257. The number of fused-ring (bicyclic) bond motifs is 1. The first kappa shape index (κ1) is 12.7. The summed E-state index contributed by atoms with van der Waals surface area (Å²) < 4.78 is 15.3. The Bertz CT molecular complexity index is 818. The van der Waals surface area contributed by atoms with E-state index in [4.69, 9.17) is 5.73 Å². The fraction of sp³-hybridized carbons (Fsp3) is 0.188. The van der Waals surface area contributed by atoms with Gasteiger partial charge in [0, 0.05) is 18.3 Å². The van der Waals surface area contributed by atoms with Gasteiger partial charge in [-0.2, -0.15) is 0 Å². The fourth-order valence-corrected chi connectivity index (χ4v) is 2.52. The normalized spacial score (nSPS) is 11.2. The summed E-state index contributed by atoms with van der Waals surface area (Å²) in [5.41, 5.74) is 11.5. The van der Waals surface area contributed by atoms with E-state index in [1.54, 1.807) is 6.07 Å². The van der Waals surface area contributed by atoms with Gasteiger partial charge in [0.1, 0.15) is 11.6 Å². The van der Waals surface area contributed by atoms with Crippen LogP contribution in [-0.2, 0) is 7.05 Å². The first-order valence-electron chi connectivity index (χ1n) is 6.46. The number of imidazole rings is 1. The summed E-state index contributed by atoms with van der Waals surface area (Å²) in [5, 5.41) is 0. The summed E-state index contributed by atoms with van der Waals surface area (Å²) in [6.07, 6.45) is 0. The molecule has 0 radical (unpaired) electrons. The van der Waals surface area contributed by atoms with E-state index >= 15 is 0 Å². The predicted octanol–water partition coefficient (Wildman–Crippen LogP) is 3.58. The first-order valence-corrected chi connectivity index (χ1v) is 6.46. The summed E-state index contributed by atoms with van der Waals surface area (Å²) >= 11 is 0. The molecule has 0 bridgehead atoms. The minimum Gasteiger partial charge on any atom is -0.399 e. The van der Waals surface area contributed by atoms with E-state index < -0.39 is 0 Å². The Morgan fingerprint density at radius 2 is 1.90 bits per heavy atom. The topological polar surface area (TPSA) is 43.8 Å². The lowest BCUT2D eigenvalue weighted by Gasteiger charge is -2.10. The Kier molecular flexibility index (Phi) is 2.74. The second-order valence-corrected chi connectivity index (χ2v) is 5.14. The maximum atomic E-state index is 13.4. The Hall–Kier alpha value is -2.36. The lowest BCUT2D eigenvalue weighted by Crippen LogP contribution is -1.98. The molecule has 0 amide bonds. The van der Waals surface area contributed by atoms with Crippen LogP contribution in [0.5, 0.6) is 0 Å². The van der Waals surface area contributed by atoms with Crippen molar-refractivity contribution in [2.24, 2.45) is 7.05 Å². The zero-order chi connectivity index (χ0) is 14.4. The third-order valence-electron chi connectivity index (χ3n) is 3.77. The van der Waals surface area contributed by atoms with Crippen molar-refractivity contribution in [2.45, 2.75) is 13.8 Å². The van der Waals surface area contributed by atoms with Crippen LogP contribution in [0.3, 0.4) is 0 Å². The Labute approximate surface area is 116 Å². The van der Waals surface area contributed by atoms with Crippen LogP contribution in [0.1, 0.15) is 11.1 Å². The molecule has 20 heavy (non-hydrogen) atoms. The van der Waals surface area contributed by atoms with Gasteiger partial charge in [0.05, 0.1) is 11.0 Å². The molecule has 1 heterocycles. The zero-order valence-electron chi connectivity index (χ0n) is 11.7. The Balaban J connectivity index is 2.33. The first-order chi connectivity index (χ1) is 9.47. The molecule has 2 aromatic carbocycles. The molecule has 1 aromatic heterocycles. The fourth-order valence-electron chi connectivity index (χ4n) is 2.52. The monoisotopic (exact) mass is 269 g/mol. The number of aryl methyl sites for hydroxylation is 2. The van der Waals surface area contributed by atoms with Gasteiger partial charge in [0.25, 0.3) is 0 Å². The standard InChI is InChI=1S/C16H16FN3/c1-9-6-12(18)8-13(10(9)2)16-19-14-5-4-11(17)7-15(14)20(16)3/h4-8H,18H2,1-3H3. The molecule has 0 fully saturated rings. The summed E-state index contributed by atoms with van der Waals surface area (Å²) in [7, 11) is 1.89. The largest absolute Gasteiger partial charge is 0.399 e. The van der Waals surface area contributed by atoms with Crippen LogP contribution in [0.2, 0.25) is 0 Å². The lowest BCUT2D eigenvalue weighted by atomic mass is 10.0. The van der Waals surface area contributed by atoms with E-state index in [0.29, 0.717) is 5.69 Å². The number of rotatable bonds is 1. The van der Waals surface area contributed by atoms with Gasteiger partial charge in [-0.05, 0) is 55.3 Å². The molecule has 0 unspecified atom stereocenters. The highest BCUT2D eigenvalue weighted by atomic mass is 19.1. The molecule has 2 N–H and O–H groups in total. The lowest BCUT2D eigenvalue weighted by molar-refractivity contribution is 0.629. The second kappa shape index (κ2) is 4.34. The van der Waals surface area contributed by atoms with Gasteiger partial charge in [0.2, 0.25) is 0 Å². The molecule has 0 aliphatic carbocycles. The molecule has 0 saturated heterocycles. The molecule has 0 aliphatic heterocycles. The van der Waals surface area contributed by atoms with Gasteiger partial charge in [-0.25, -0.2) is 9.37 Å². The van der Waals surface area contributed by atoms with E-state index in [1.807, 2.05) is 37.6 Å². The summed E-state index contributed by atoms with van der Waals surface area (Å²) in [5.74, 6) is 0.547. The van der Waals surface area contributed by atoms with Crippen molar-refractivity contribution in [3.8, 4) is 11.4 Å². The van der Waals surface area contributed by atoms with Crippen LogP contribution in [0, 0.1) is 19.7 Å². The van der Waals surface area contributed by atoms with Gasteiger partial charge >= 0.3 is 0 Å². The highest BCUT2D eigenvalue weighted by Gasteiger charge is 2.14. The Morgan fingerprint density at radius 3 is 2.65 bits per heavy atom. The minimum absolute atomic E-state index is 0.257. The van der Waals surface area contributed by atoms with Crippen LogP contribution in [0.25, 0.3) is 22.4 Å². The van der Waals surface area contributed by atoms with E-state index in [2.05, 4.69) is 4.98 Å². The van der Waals surface area contributed by atoms with E-state index in [0.717, 1.165) is 33.5 Å². The van der Waals surface area contributed by atoms with Crippen molar-refractivity contribution in [2.75, 3.05) is 5.73 Å². The second-order valence-electron chi connectivity index (χ2n) is 5.14. The maximum Gasteiger partial charge on any atom is 0.141 e. The molecule has 3 nitrogen and oxygen atoms in total. The van der Waals surface area contributed by atoms with E-state index in [-0.39, 0.29) is 5.82 Å². The van der Waals surface area contributed by atoms with E-state index in [1.165, 1.54) is 12.1 Å². The van der Waals surface area contributed by atoms with Crippen LogP contribution in [0.15, 0.2) is 30.3 Å². The van der Waals surface area contributed by atoms with Crippen LogP contribution < -0.4 is 5.73 Å². The van der Waals surface area contributed by atoms with Crippen molar-refractivity contribution in [3.63, 3.8) is 0 Å².